The Morgan fingerprint density at radius 2 is 1.78 bits per heavy atom. The number of hydrogen-bond donors (Lipinski definition) is 1. The first-order valence-electron chi connectivity index (χ1n) is 8.58. The fraction of sp³-hybridized carbons (Fsp3) is 0.400. The van der Waals surface area contributed by atoms with E-state index in [1.165, 1.54) is 31.4 Å². The SMILES string of the molecule is Nc1ccc(OC2CC3CCC2N(Cc2ccccc2)C3)cc1. The van der Waals surface area contributed by atoms with Crippen LogP contribution in [0.25, 0.3) is 0 Å². The third kappa shape index (κ3) is 3.20. The van der Waals surface area contributed by atoms with Crippen LogP contribution in [0.4, 0.5) is 5.69 Å². The average molecular weight is 308 g/mol. The highest BCUT2D eigenvalue weighted by molar-refractivity contribution is 5.41. The fourth-order valence-corrected chi connectivity index (χ4v) is 4.09. The first kappa shape index (κ1) is 14.6. The summed E-state index contributed by atoms with van der Waals surface area (Å²) < 4.78 is 6.31. The third-order valence-electron chi connectivity index (χ3n) is 5.22. The number of anilines is 1. The van der Waals surface area contributed by atoms with E-state index in [2.05, 4.69) is 35.2 Å². The first-order chi connectivity index (χ1) is 11.3. The quantitative estimate of drug-likeness (QED) is 0.875. The van der Waals surface area contributed by atoms with Gasteiger partial charge in [0.1, 0.15) is 11.9 Å². The summed E-state index contributed by atoms with van der Waals surface area (Å²) in [5.74, 6) is 1.71. The largest absolute Gasteiger partial charge is 0.489 e. The van der Waals surface area contributed by atoms with Gasteiger partial charge < -0.3 is 10.5 Å². The second-order valence-corrected chi connectivity index (χ2v) is 6.89. The number of benzene rings is 2. The second-order valence-electron chi connectivity index (χ2n) is 6.89. The van der Waals surface area contributed by atoms with Gasteiger partial charge >= 0.3 is 0 Å². The van der Waals surface area contributed by atoms with Gasteiger partial charge in [0.2, 0.25) is 0 Å². The van der Waals surface area contributed by atoms with Gasteiger partial charge in [-0.2, -0.15) is 0 Å². The minimum atomic E-state index is 0.301. The van der Waals surface area contributed by atoms with Crippen LogP contribution in [0.1, 0.15) is 24.8 Å². The van der Waals surface area contributed by atoms with Crippen LogP contribution < -0.4 is 10.5 Å². The van der Waals surface area contributed by atoms with E-state index in [0.717, 1.165) is 23.9 Å². The molecule has 23 heavy (non-hydrogen) atoms. The van der Waals surface area contributed by atoms with Gasteiger partial charge in [-0.15, -0.1) is 0 Å². The zero-order valence-corrected chi connectivity index (χ0v) is 13.4. The van der Waals surface area contributed by atoms with Crippen molar-refractivity contribution >= 4 is 5.69 Å². The molecule has 5 rings (SSSR count). The molecule has 0 spiro atoms. The van der Waals surface area contributed by atoms with Crippen LogP contribution in [0.3, 0.4) is 0 Å². The number of fused-ring (bicyclic) bond motifs is 3. The number of nitrogens with two attached hydrogens (primary N) is 1. The third-order valence-corrected chi connectivity index (χ3v) is 5.22. The van der Waals surface area contributed by atoms with Gasteiger partial charge in [0.15, 0.2) is 0 Å². The summed E-state index contributed by atoms with van der Waals surface area (Å²) in [6.07, 6.45) is 4.07. The van der Waals surface area contributed by atoms with Gasteiger partial charge in [-0.05, 0) is 55.0 Å². The molecule has 3 unspecified atom stereocenters. The van der Waals surface area contributed by atoms with E-state index < -0.39 is 0 Å². The molecule has 3 nitrogen and oxygen atoms in total. The predicted molar refractivity (Wildman–Crippen MR) is 93.3 cm³/mol. The van der Waals surface area contributed by atoms with Crippen LogP contribution in [0.2, 0.25) is 0 Å². The van der Waals surface area contributed by atoms with Crippen molar-refractivity contribution in [3.63, 3.8) is 0 Å². The van der Waals surface area contributed by atoms with E-state index in [-0.39, 0.29) is 0 Å². The van der Waals surface area contributed by atoms with E-state index in [4.69, 9.17) is 10.5 Å². The summed E-state index contributed by atoms with van der Waals surface area (Å²) in [6.45, 7) is 2.24. The molecule has 3 heteroatoms. The van der Waals surface area contributed by atoms with Crippen molar-refractivity contribution in [3.05, 3.63) is 60.2 Å². The highest BCUT2D eigenvalue weighted by atomic mass is 16.5. The molecule has 0 aromatic heterocycles. The molecule has 1 aliphatic carbocycles. The lowest BCUT2D eigenvalue weighted by atomic mass is 9.77. The van der Waals surface area contributed by atoms with Gasteiger partial charge in [0.25, 0.3) is 0 Å². The Bertz CT molecular complexity index is 640. The summed E-state index contributed by atoms with van der Waals surface area (Å²) >= 11 is 0. The second kappa shape index (κ2) is 6.25. The van der Waals surface area contributed by atoms with E-state index in [1.807, 2.05) is 24.3 Å². The summed E-state index contributed by atoms with van der Waals surface area (Å²) in [7, 11) is 0. The minimum absolute atomic E-state index is 0.301. The Hall–Kier alpha value is -2.00. The first-order valence-corrected chi connectivity index (χ1v) is 8.58. The summed E-state index contributed by atoms with van der Waals surface area (Å²) in [4.78, 5) is 2.62. The molecule has 2 aliphatic heterocycles. The molecule has 0 radical (unpaired) electrons. The maximum atomic E-state index is 6.31. The Morgan fingerprint density at radius 3 is 2.52 bits per heavy atom. The maximum Gasteiger partial charge on any atom is 0.119 e. The van der Waals surface area contributed by atoms with Crippen molar-refractivity contribution in [1.82, 2.24) is 4.90 Å². The molecule has 2 heterocycles. The van der Waals surface area contributed by atoms with Crippen molar-refractivity contribution in [2.45, 2.75) is 38.0 Å². The smallest absolute Gasteiger partial charge is 0.119 e. The lowest BCUT2D eigenvalue weighted by Crippen LogP contribution is -2.56. The highest BCUT2D eigenvalue weighted by Crippen LogP contribution is 2.38. The van der Waals surface area contributed by atoms with Gasteiger partial charge in [-0.25, -0.2) is 0 Å². The van der Waals surface area contributed by atoms with Crippen molar-refractivity contribution < 1.29 is 4.74 Å². The lowest BCUT2D eigenvalue weighted by Gasteiger charge is -2.49. The van der Waals surface area contributed by atoms with Crippen molar-refractivity contribution in [2.24, 2.45) is 5.92 Å². The molecule has 1 saturated carbocycles. The standard InChI is InChI=1S/C20H24N2O/c21-17-7-9-18(10-8-17)23-20-12-16-6-11-19(20)22(14-16)13-15-4-2-1-3-5-15/h1-5,7-10,16,19-20H,6,11-14,21H2. The highest BCUT2D eigenvalue weighted by Gasteiger charge is 2.41. The van der Waals surface area contributed by atoms with E-state index >= 15 is 0 Å². The number of rotatable bonds is 4. The van der Waals surface area contributed by atoms with Crippen molar-refractivity contribution in [2.75, 3.05) is 12.3 Å². The van der Waals surface area contributed by atoms with Gasteiger partial charge in [0, 0.05) is 24.8 Å². The normalized spacial score (nSPS) is 27.0. The number of ether oxygens (including phenoxy) is 1. The molecule has 2 saturated heterocycles. The minimum Gasteiger partial charge on any atom is -0.489 e. The zero-order valence-electron chi connectivity index (χ0n) is 13.4. The summed E-state index contributed by atoms with van der Waals surface area (Å²) in [5.41, 5.74) is 7.94. The van der Waals surface area contributed by atoms with E-state index in [0.29, 0.717) is 12.1 Å². The van der Waals surface area contributed by atoms with Crippen LogP contribution in [0.5, 0.6) is 5.75 Å². The molecule has 3 atom stereocenters. The average Bonchev–Trinajstić information content (AvgIpc) is 2.58. The van der Waals surface area contributed by atoms with Gasteiger partial charge in [-0.3, -0.25) is 4.90 Å². The number of nitrogens with zero attached hydrogens (tertiary/aromatic N) is 1. The molecular formula is C20H24N2O. The molecule has 2 N–H and O–H groups in total. The predicted octanol–water partition coefficient (Wildman–Crippen LogP) is 3.70. The Kier molecular flexibility index (Phi) is 3.96. The summed E-state index contributed by atoms with van der Waals surface area (Å²) in [6, 6.07) is 19.1. The van der Waals surface area contributed by atoms with Crippen molar-refractivity contribution in [3.8, 4) is 5.75 Å². The molecule has 2 aromatic carbocycles. The van der Waals surface area contributed by atoms with Crippen molar-refractivity contribution in [1.29, 1.82) is 0 Å². The molecule has 3 fully saturated rings. The maximum absolute atomic E-state index is 6.31. The number of piperidine rings is 2. The van der Waals surface area contributed by atoms with Gasteiger partial charge in [-0.1, -0.05) is 30.3 Å². The topological polar surface area (TPSA) is 38.5 Å². The Balaban J connectivity index is 1.47. The molecule has 2 aromatic rings. The van der Waals surface area contributed by atoms with E-state index in [1.54, 1.807) is 0 Å². The van der Waals surface area contributed by atoms with Crippen LogP contribution in [-0.4, -0.2) is 23.6 Å². The number of nitrogen functional groups attached to an aromatic ring is 1. The molecule has 120 valence electrons. The molecule has 3 aliphatic rings. The number of hydrogen-bond acceptors (Lipinski definition) is 3. The molecule has 0 amide bonds. The van der Waals surface area contributed by atoms with Crippen LogP contribution in [0.15, 0.2) is 54.6 Å². The summed E-state index contributed by atoms with van der Waals surface area (Å²) in [5, 5.41) is 0. The zero-order chi connectivity index (χ0) is 15.6. The lowest BCUT2D eigenvalue weighted by molar-refractivity contribution is -0.0460. The van der Waals surface area contributed by atoms with Crippen LogP contribution >= 0.6 is 0 Å². The Morgan fingerprint density at radius 1 is 1.00 bits per heavy atom. The van der Waals surface area contributed by atoms with Gasteiger partial charge in [0.05, 0.1) is 0 Å². The van der Waals surface area contributed by atoms with Crippen LogP contribution in [-0.2, 0) is 6.54 Å². The molecular weight excluding hydrogens is 284 g/mol. The monoisotopic (exact) mass is 308 g/mol. The van der Waals surface area contributed by atoms with Crippen LogP contribution in [0, 0.1) is 5.92 Å². The molecule has 2 bridgehead atoms. The van der Waals surface area contributed by atoms with E-state index in [9.17, 15) is 0 Å². The fourth-order valence-electron chi connectivity index (χ4n) is 4.09. The Labute approximate surface area is 138 Å².